The number of nitrogens with zero attached hydrogens (tertiary/aromatic N) is 5. The third kappa shape index (κ3) is 5.72. The first kappa shape index (κ1) is 32.7. The summed E-state index contributed by atoms with van der Waals surface area (Å²) in [6.45, 7) is 0. The Bertz CT molecular complexity index is 3200. The molecule has 7 aromatic carbocycles. The molecule has 0 atom stereocenters. The van der Waals surface area contributed by atoms with Gasteiger partial charge < -0.3 is 0 Å². The van der Waals surface area contributed by atoms with E-state index in [9.17, 15) is 0 Å². The van der Waals surface area contributed by atoms with E-state index in [-0.39, 0.29) is 0 Å². The minimum absolute atomic E-state index is 0.867. The number of para-hydroxylation sites is 3. The van der Waals surface area contributed by atoms with Gasteiger partial charge in [-0.25, -0.2) is 4.98 Å². The van der Waals surface area contributed by atoms with Crippen LogP contribution in [-0.2, 0) is 0 Å². The molecule has 0 bridgehead atoms. The second-order valence-corrected chi connectivity index (χ2v) is 14.4. The number of benzene rings is 7. The van der Waals surface area contributed by atoms with Crippen LogP contribution in [0.25, 0.3) is 105 Å². The van der Waals surface area contributed by atoms with Crippen molar-refractivity contribution in [1.82, 2.24) is 24.5 Å². The van der Waals surface area contributed by atoms with Gasteiger partial charge in [0.15, 0.2) is 0 Å². The largest absolute Gasteiger partial charge is 0.292 e. The number of pyridine rings is 3. The summed E-state index contributed by atoms with van der Waals surface area (Å²) in [6, 6.07) is 58.0. The lowest BCUT2D eigenvalue weighted by molar-refractivity contribution is 1.10. The van der Waals surface area contributed by atoms with Gasteiger partial charge in [0.1, 0.15) is 5.82 Å². The van der Waals surface area contributed by atoms with E-state index in [4.69, 9.17) is 19.9 Å². The summed E-state index contributed by atoms with van der Waals surface area (Å²) in [6.07, 6.45) is 11.8. The number of rotatable bonds is 6. The van der Waals surface area contributed by atoms with Crippen molar-refractivity contribution in [1.29, 1.82) is 0 Å². The first-order valence-corrected chi connectivity index (χ1v) is 19.1. The van der Waals surface area contributed by atoms with Crippen molar-refractivity contribution in [2.45, 2.75) is 0 Å². The highest BCUT2D eigenvalue weighted by Crippen LogP contribution is 2.41. The second kappa shape index (κ2) is 13.5. The van der Waals surface area contributed by atoms with Gasteiger partial charge in [-0.3, -0.25) is 19.5 Å². The Balaban J connectivity index is 1.22. The number of aromatic nitrogens is 5. The summed E-state index contributed by atoms with van der Waals surface area (Å²) in [5.74, 6) is 0.867. The van der Waals surface area contributed by atoms with Gasteiger partial charge in [-0.05, 0) is 105 Å². The van der Waals surface area contributed by atoms with E-state index >= 15 is 0 Å². The minimum Gasteiger partial charge on any atom is -0.292 e. The SMILES string of the molecule is c1ccc(-n2c(-c3cc(-c4cc(-c5cncc6ccccc56)cc(-c5cncc6ccccc56)c4)cc(-c4cncc5ccccc45)c3)nc3ccccc32)cc1. The molecule has 4 heterocycles. The van der Waals surface area contributed by atoms with Gasteiger partial charge in [0.2, 0.25) is 0 Å². The maximum absolute atomic E-state index is 5.32. The normalized spacial score (nSPS) is 11.5. The predicted octanol–water partition coefficient (Wildman–Crippen LogP) is 13.0. The maximum Gasteiger partial charge on any atom is 0.145 e. The molecule has 0 radical (unpaired) electrons. The zero-order valence-corrected chi connectivity index (χ0v) is 30.8. The maximum atomic E-state index is 5.32. The smallest absolute Gasteiger partial charge is 0.145 e. The molecule has 0 N–H and O–H groups in total. The van der Waals surface area contributed by atoms with Crippen LogP contribution in [0.3, 0.4) is 0 Å². The lowest BCUT2D eigenvalue weighted by Gasteiger charge is -2.16. The van der Waals surface area contributed by atoms with E-state index in [1.807, 2.05) is 37.2 Å². The van der Waals surface area contributed by atoms with Gasteiger partial charge in [0.05, 0.1) is 11.0 Å². The lowest BCUT2D eigenvalue weighted by Crippen LogP contribution is -1.98. The standard InChI is InChI=1S/C52H33N5/c1-2-15-43(16-3-1)57-51-21-11-10-20-50(51)56-52(57)42-25-38(24-41(27-42)49-33-55-30-36-14-6-9-19-46(36)49)37-22-39(47-31-53-28-34-12-4-7-17-44(34)47)26-40(23-37)48-32-54-29-35-13-5-8-18-45(35)48/h1-33H. The molecule has 4 aromatic heterocycles. The zero-order chi connectivity index (χ0) is 37.7. The van der Waals surface area contributed by atoms with E-state index in [0.717, 1.165) is 105 Å². The molecule has 0 spiro atoms. The van der Waals surface area contributed by atoms with Crippen molar-refractivity contribution in [3.63, 3.8) is 0 Å². The van der Waals surface area contributed by atoms with Crippen molar-refractivity contribution in [2.75, 3.05) is 0 Å². The first-order chi connectivity index (χ1) is 28.2. The Morgan fingerprint density at radius 2 is 0.737 bits per heavy atom. The highest BCUT2D eigenvalue weighted by atomic mass is 15.1. The number of hydrogen-bond donors (Lipinski definition) is 0. The van der Waals surface area contributed by atoms with Crippen molar-refractivity contribution in [3.8, 4) is 61.6 Å². The minimum atomic E-state index is 0.867. The molecule has 0 fully saturated rings. The van der Waals surface area contributed by atoms with E-state index in [1.165, 1.54) is 0 Å². The molecule has 11 rings (SSSR count). The molecular formula is C52H33N5. The fourth-order valence-corrected chi connectivity index (χ4v) is 8.28. The van der Waals surface area contributed by atoms with Gasteiger partial charge in [0.25, 0.3) is 0 Å². The zero-order valence-electron chi connectivity index (χ0n) is 30.8. The van der Waals surface area contributed by atoms with E-state index in [0.29, 0.717) is 0 Å². The average molecular weight is 728 g/mol. The molecule has 0 amide bonds. The van der Waals surface area contributed by atoms with Crippen LogP contribution in [-0.4, -0.2) is 24.5 Å². The Morgan fingerprint density at radius 1 is 0.333 bits per heavy atom. The molecule has 5 heteroatoms. The average Bonchev–Trinajstić information content (AvgIpc) is 3.68. The fraction of sp³-hybridized carbons (Fsp3) is 0. The van der Waals surface area contributed by atoms with Crippen molar-refractivity contribution in [3.05, 3.63) is 201 Å². The molecule has 266 valence electrons. The van der Waals surface area contributed by atoms with Gasteiger partial charge in [0, 0.05) is 81.3 Å². The van der Waals surface area contributed by atoms with Crippen LogP contribution in [0.2, 0.25) is 0 Å². The van der Waals surface area contributed by atoms with Gasteiger partial charge in [-0.1, -0.05) is 103 Å². The molecule has 0 saturated carbocycles. The first-order valence-electron chi connectivity index (χ1n) is 19.1. The second-order valence-electron chi connectivity index (χ2n) is 14.4. The third-order valence-corrected chi connectivity index (χ3v) is 11.0. The third-order valence-electron chi connectivity index (χ3n) is 11.0. The Morgan fingerprint density at radius 3 is 1.26 bits per heavy atom. The van der Waals surface area contributed by atoms with Crippen LogP contribution in [0.5, 0.6) is 0 Å². The van der Waals surface area contributed by atoms with Crippen LogP contribution in [0.4, 0.5) is 0 Å². The van der Waals surface area contributed by atoms with E-state index in [1.54, 1.807) is 0 Å². The summed E-state index contributed by atoms with van der Waals surface area (Å²) < 4.78 is 2.27. The quantitative estimate of drug-likeness (QED) is 0.171. The molecule has 57 heavy (non-hydrogen) atoms. The van der Waals surface area contributed by atoms with Crippen LogP contribution in [0.15, 0.2) is 201 Å². The Kier molecular flexibility index (Phi) is 7.74. The molecule has 0 aliphatic carbocycles. The van der Waals surface area contributed by atoms with E-state index < -0.39 is 0 Å². The molecule has 5 nitrogen and oxygen atoms in total. The van der Waals surface area contributed by atoms with Crippen molar-refractivity contribution in [2.24, 2.45) is 0 Å². The highest BCUT2D eigenvalue weighted by molar-refractivity contribution is 6.02. The molecule has 11 aromatic rings. The monoisotopic (exact) mass is 727 g/mol. The fourth-order valence-electron chi connectivity index (χ4n) is 8.28. The Labute approximate surface area is 329 Å². The molecular weight excluding hydrogens is 695 g/mol. The summed E-state index contributed by atoms with van der Waals surface area (Å²) in [7, 11) is 0. The topological polar surface area (TPSA) is 56.5 Å². The van der Waals surface area contributed by atoms with Gasteiger partial charge in [-0.15, -0.1) is 0 Å². The van der Waals surface area contributed by atoms with Crippen LogP contribution < -0.4 is 0 Å². The molecule has 0 aliphatic rings. The van der Waals surface area contributed by atoms with Crippen molar-refractivity contribution >= 4 is 43.4 Å². The van der Waals surface area contributed by atoms with Gasteiger partial charge in [-0.2, -0.15) is 0 Å². The van der Waals surface area contributed by atoms with Crippen molar-refractivity contribution < 1.29 is 0 Å². The Hall–Kier alpha value is -7.76. The summed E-state index contributed by atoms with van der Waals surface area (Å²) in [5.41, 5.74) is 12.6. The number of imidazole rings is 1. The predicted molar refractivity (Wildman–Crippen MR) is 234 cm³/mol. The van der Waals surface area contributed by atoms with E-state index in [2.05, 4.69) is 168 Å². The van der Waals surface area contributed by atoms with Crippen LogP contribution >= 0.6 is 0 Å². The molecule has 0 saturated heterocycles. The highest BCUT2D eigenvalue weighted by Gasteiger charge is 2.19. The molecule has 0 unspecified atom stereocenters. The van der Waals surface area contributed by atoms with Gasteiger partial charge >= 0.3 is 0 Å². The summed E-state index contributed by atoms with van der Waals surface area (Å²) >= 11 is 0. The van der Waals surface area contributed by atoms with Crippen LogP contribution in [0, 0.1) is 0 Å². The number of fused-ring (bicyclic) bond motifs is 4. The van der Waals surface area contributed by atoms with Crippen LogP contribution in [0.1, 0.15) is 0 Å². The summed E-state index contributed by atoms with van der Waals surface area (Å²) in [4.78, 5) is 19.5. The summed E-state index contributed by atoms with van der Waals surface area (Å²) in [5, 5.41) is 6.74. The number of hydrogen-bond acceptors (Lipinski definition) is 4. The lowest BCUT2D eigenvalue weighted by atomic mass is 9.89. The molecule has 0 aliphatic heterocycles.